The van der Waals surface area contributed by atoms with Gasteiger partial charge in [-0.3, -0.25) is 4.79 Å². The monoisotopic (exact) mass is 279 g/mol. The standard InChI is InChI=1S/C15H25N3O2/c1-4-18(9-10-19)14-7-5-13(6-8-14)17-15(20)11(2)12(3)16/h5-8,11-12,19H,4,9-10,16H2,1-3H3,(H,17,20). The maximum absolute atomic E-state index is 11.9. The predicted octanol–water partition coefficient (Wildman–Crippen LogP) is 1.43. The van der Waals surface area contributed by atoms with Crippen LogP contribution in [0.25, 0.3) is 0 Å². The topological polar surface area (TPSA) is 78.6 Å². The minimum atomic E-state index is -0.226. The third-order valence-electron chi connectivity index (χ3n) is 3.45. The van der Waals surface area contributed by atoms with Crippen LogP contribution in [-0.4, -0.2) is 36.8 Å². The third-order valence-corrected chi connectivity index (χ3v) is 3.45. The van der Waals surface area contributed by atoms with Gasteiger partial charge in [-0.25, -0.2) is 0 Å². The molecule has 0 saturated carbocycles. The van der Waals surface area contributed by atoms with Crippen molar-refractivity contribution < 1.29 is 9.90 Å². The molecule has 0 heterocycles. The van der Waals surface area contributed by atoms with Gasteiger partial charge >= 0.3 is 0 Å². The predicted molar refractivity (Wildman–Crippen MR) is 82.9 cm³/mol. The van der Waals surface area contributed by atoms with Crippen LogP contribution in [0.5, 0.6) is 0 Å². The van der Waals surface area contributed by atoms with Crippen molar-refractivity contribution in [2.45, 2.75) is 26.8 Å². The van der Waals surface area contributed by atoms with E-state index >= 15 is 0 Å². The average Bonchev–Trinajstić information content (AvgIpc) is 2.44. The van der Waals surface area contributed by atoms with E-state index in [1.54, 1.807) is 0 Å². The summed E-state index contributed by atoms with van der Waals surface area (Å²) in [4.78, 5) is 14.0. The van der Waals surface area contributed by atoms with E-state index in [0.717, 1.165) is 17.9 Å². The van der Waals surface area contributed by atoms with Crippen molar-refractivity contribution in [3.8, 4) is 0 Å². The zero-order chi connectivity index (χ0) is 15.1. The van der Waals surface area contributed by atoms with E-state index in [-0.39, 0.29) is 24.5 Å². The molecule has 1 aromatic rings. The van der Waals surface area contributed by atoms with E-state index in [4.69, 9.17) is 10.8 Å². The van der Waals surface area contributed by atoms with Crippen LogP contribution >= 0.6 is 0 Å². The maximum atomic E-state index is 11.9. The Morgan fingerprint density at radius 2 is 1.95 bits per heavy atom. The lowest BCUT2D eigenvalue weighted by molar-refractivity contribution is -0.119. The molecule has 0 aromatic heterocycles. The molecule has 1 aromatic carbocycles. The van der Waals surface area contributed by atoms with Gasteiger partial charge in [0, 0.05) is 30.5 Å². The second-order valence-corrected chi connectivity index (χ2v) is 4.99. The SMILES string of the molecule is CCN(CCO)c1ccc(NC(=O)C(C)C(C)N)cc1. The number of hydrogen-bond acceptors (Lipinski definition) is 4. The Morgan fingerprint density at radius 3 is 2.40 bits per heavy atom. The van der Waals surface area contributed by atoms with Crippen LogP contribution in [0.2, 0.25) is 0 Å². The molecule has 4 N–H and O–H groups in total. The van der Waals surface area contributed by atoms with E-state index in [1.807, 2.05) is 45.0 Å². The molecule has 0 radical (unpaired) electrons. The summed E-state index contributed by atoms with van der Waals surface area (Å²) < 4.78 is 0. The Bertz CT molecular complexity index is 418. The van der Waals surface area contributed by atoms with E-state index in [2.05, 4.69) is 10.2 Å². The number of likely N-dealkylation sites (N-methyl/N-ethyl adjacent to an activating group) is 1. The van der Waals surface area contributed by atoms with Gasteiger partial charge in [-0.05, 0) is 38.1 Å². The van der Waals surface area contributed by atoms with Gasteiger partial charge in [0.1, 0.15) is 0 Å². The van der Waals surface area contributed by atoms with Crippen LogP contribution in [0, 0.1) is 5.92 Å². The largest absolute Gasteiger partial charge is 0.395 e. The summed E-state index contributed by atoms with van der Waals surface area (Å²) in [6.45, 7) is 7.22. The molecule has 1 amide bonds. The van der Waals surface area contributed by atoms with Crippen molar-refractivity contribution in [1.82, 2.24) is 0 Å². The number of hydrogen-bond donors (Lipinski definition) is 3. The minimum Gasteiger partial charge on any atom is -0.395 e. The number of nitrogens with zero attached hydrogens (tertiary/aromatic N) is 1. The second kappa shape index (κ2) is 7.87. The number of rotatable bonds is 7. The van der Waals surface area contributed by atoms with Gasteiger partial charge in [0.2, 0.25) is 5.91 Å². The highest BCUT2D eigenvalue weighted by atomic mass is 16.3. The third kappa shape index (κ3) is 4.51. The lowest BCUT2D eigenvalue weighted by Crippen LogP contribution is -2.34. The molecule has 5 heteroatoms. The zero-order valence-corrected chi connectivity index (χ0v) is 12.5. The molecular formula is C15H25N3O2. The Balaban J connectivity index is 2.69. The lowest BCUT2D eigenvalue weighted by atomic mass is 10.0. The molecule has 20 heavy (non-hydrogen) atoms. The molecule has 1 rings (SSSR count). The summed E-state index contributed by atoms with van der Waals surface area (Å²) in [5.41, 5.74) is 7.50. The molecule has 0 spiro atoms. The summed E-state index contributed by atoms with van der Waals surface area (Å²) in [5, 5.41) is 11.9. The second-order valence-electron chi connectivity index (χ2n) is 4.99. The van der Waals surface area contributed by atoms with Gasteiger partial charge in [0.15, 0.2) is 0 Å². The normalized spacial score (nSPS) is 13.7. The van der Waals surface area contributed by atoms with Crippen molar-refractivity contribution in [2.75, 3.05) is 29.9 Å². The number of benzene rings is 1. The molecule has 0 fully saturated rings. The number of nitrogens with two attached hydrogens (primary N) is 1. The Hall–Kier alpha value is -1.59. The molecule has 0 bridgehead atoms. The summed E-state index contributed by atoms with van der Waals surface area (Å²) in [6, 6.07) is 7.42. The minimum absolute atomic E-state index is 0.0737. The maximum Gasteiger partial charge on any atom is 0.228 e. The molecule has 2 unspecified atom stereocenters. The molecule has 5 nitrogen and oxygen atoms in total. The quantitative estimate of drug-likeness (QED) is 0.705. The van der Waals surface area contributed by atoms with Gasteiger partial charge in [-0.1, -0.05) is 6.92 Å². The molecule has 0 aliphatic carbocycles. The van der Waals surface area contributed by atoms with Crippen LogP contribution in [0.1, 0.15) is 20.8 Å². The molecule has 0 saturated heterocycles. The summed E-state index contributed by atoms with van der Waals surface area (Å²) in [6.07, 6.45) is 0. The molecule has 0 aliphatic heterocycles. The fraction of sp³-hybridized carbons (Fsp3) is 0.533. The van der Waals surface area contributed by atoms with Crippen LogP contribution < -0.4 is 16.0 Å². The highest BCUT2D eigenvalue weighted by Crippen LogP contribution is 2.18. The molecule has 112 valence electrons. The first kappa shape index (κ1) is 16.5. The van der Waals surface area contributed by atoms with Gasteiger partial charge in [0.05, 0.1) is 12.5 Å². The van der Waals surface area contributed by atoms with Gasteiger partial charge in [0.25, 0.3) is 0 Å². The summed E-state index contributed by atoms with van der Waals surface area (Å²) >= 11 is 0. The lowest BCUT2D eigenvalue weighted by Gasteiger charge is -2.22. The smallest absolute Gasteiger partial charge is 0.228 e. The fourth-order valence-electron chi connectivity index (χ4n) is 1.84. The first-order valence-corrected chi connectivity index (χ1v) is 7.01. The van der Waals surface area contributed by atoms with Crippen molar-refractivity contribution >= 4 is 17.3 Å². The van der Waals surface area contributed by atoms with E-state index in [0.29, 0.717) is 6.54 Å². The highest BCUT2D eigenvalue weighted by Gasteiger charge is 2.16. The molecular weight excluding hydrogens is 254 g/mol. The van der Waals surface area contributed by atoms with E-state index in [9.17, 15) is 4.79 Å². The van der Waals surface area contributed by atoms with Crippen molar-refractivity contribution in [3.63, 3.8) is 0 Å². The van der Waals surface area contributed by atoms with Crippen LogP contribution in [0.3, 0.4) is 0 Å². The number of carbonyl (C=O) groups excluding carboxylic acids is 1. The van der Waals surface area contributed by atoms with Crippen LogP contribution in [-0.2, 0) is 4.79 Å². The van der Waals surface area contributed by atoms with Gasteiger partial charge in [-0.2, -0.15) is 0 Å². The summed E-state index contributed by atoms with van der Waals surface area (Å²) in [5.74, 6) is -0.299. The average molecular weight is 279 g/mol. The van der Waals surface area contributed by atoms with Crippen LogP contribution in [0.15, 0.2) is 24.3 Å². The Morgan fingerprint density at radius 1 is 1.35 bits per heavy atom. The number of aliphatic hydroxyl groups excluding tert-OH is 1. The number of carbonyl (C=O) groups is 1. The number of nitrogens with one attached hydrogen (secondary N) is 1. The highest BCUT2D eigenvalue weighted by molar-refractivity contribution is 5.92. The van der Waals surface area contributed by atoms with E-state index < -0.39 is 0 Å². The zero-order valence-electron chi connectivity index (χ0n) is 12.5. The Kier molecular flexibility index (Phi) is 6.48. The number of aliphatic hydroxyl groups is 1. The fourth-order valence-corrected chi connectivity index (χ4v) is 1.84. The Labute approximate surface area is 120 Å². The van der Waals surface area contributed by atoms with Crippen molar-refractivity contribution in [3.05, 3.63) is 24.3 Å². The summed E-state index contributed by atoms with van der Waals surface area (Å²) in [7, 11) is 0. The molecule has 2 atom stereocenters. The first-order valence-electron chi connectivity index (χ1n) is 7.01. The van der Waals surface area contributed by atoms with E-state index in [1.165, 1.54) is 0 Å². The number of amides is 1. The van der Waals surface area contributed by atoms with Crippen molar-refractivity contribution in [1.29, 1.82) is 0 Å². The first-order chi connectivity index (χ1) is 9.49. The van der Waals surface area contributed by atoms with Gasteiger partial charge < -0.3 is 21.1 Å². The molecule has 0 aliphatic rings. The van der Waals surface area contributed by atoms with Crippen LogP contribution in [0.4, 0.5) is 11.4 Å². The van der Waals surface area contributed by atoms with Crippen molar-refractivity contribution in [2.24, 2.45) is 11.7 Å². The van der Waals surface area contributed by atoms with Gasteiger partial charge in [-0.15, -0.1) is 0 Å². The number of anilines is 2.